The number of nitrogens with zero attached hydrogens (tertiary/aromatic N) is 2. The lowest BCUT2D eigenvalue weighted by atomic mass is 10.2. The quantitative estimate of drug-likeness (QED) is 0.751. The van der Waals surface area contributed by atoms with Gasteiger partial charge in [-0.3, -0.25) is 4.79 Å². The number of carbonyl (C=O) groups is 1. The van der Waals surface area contributed by atoms with Crippen LogP contribution in [0.1, 0.15) is 5.56 Å². The van der Waals surface area contributed by atoms with Crippen molar-refractivity contribution in [3.05, 3.63) is 40.0 Å². The van der Waals surface area contributed by atoms with Crippen molar-refractivity contribution in [3.8, 4) is 0 Å². The molecule has 0 aliphatic carbocycles. The predicted molar refractivity (Wildman–Crippen MR) is 84.8 cm³/mol. The lowest BCUT2D eigenvalue weighted by molar-refractivity contribution is -0.114. The zero-order valence-electron chi connectivity index (χ0n) is 11.2. The lowest BCUT2D eigenvalue weighted by Crippen LogP contribution is -2.22. The number of amides is 1. The highest BCUT2D eigenvalue weighted by Crippen LogP contribution is 2.22. The largest absolute Gasteiger partial charge is 0.368 e. The van der Waals surface area contributed by atoms with Crippen LogP contribution in [0.4, 0.5) is 17.5 Å². The highest BCUT2D eigenvalue weighted by Gasteiger charge is 2.07. The van der Waals surface area contributed by atoms with Gasteiger partial charge in [0.1, 0.15) is 11.0 Å². The number of anilines is 3. The number of nitrogen functional groups attached to an aromatic ring is 1. The lowest BCUT2D eigenvalue weighted by Gasteiger charge is -2.09. The molecule has 110 valence electrons. The fourth-order valence-electron chi connectivity index (χ4n) is 1.61. The van der Waals surface area contributed by atoms with E-state index >= 15 is 0 Å². The van der Waals surface area contributed by atoms with Gasteiger partial charge in [-0.05, 0) is 24.6 Å². The molecule has 4 N–H and O–H groups in total. The molecule has 0 spiro atoms. The van der Waals surface area contributed by atoms with E-state index in [0.717, 1.165) is 5.56 Å². The van der Waals surface area contributed by atoms with Crippen LogP contribution < -0.4 is 16.4 Å². The van der Waals surface area contributed by atoms with Gasteiger partial charge in [0.25, 0.3) is 0 Å². The molecule has 0 saturated carbocycles. The molecule has 0 saturated heterocycles. The molecule has 1 amide bonds. The minimum absolute atomic E-state index is 0.00299. The summed E-state index contributed by atoms with van der Waals surface area (Å²) in [6.07, 6.45) is 0. The van der Waals surface area contributed by atoms with Crippen molar-refractivity contribution in [3.63, 3.8) is 0 Å². The van der Waals surface area contributed by atoms with Gasteiger partial charge in [0.2, 0.25) is 11.9 Å². The number of benzene rings is 1. The van der Waals surface area contributed by atoms with E-state index in [1.54, 1.807) is 12.1 Å². The first kappa shape index (κ1) is 15.3. The van der Waals surface area contributed by atoms with Gasteiger partial charge in [-0.25, -0.2) is 4.98 Å². The Kier molecular flexibility index (Phi) is 4.82. The first-order valence-electron chi connectivity index (χ1n) is 6.04. The van der Waals surface area contributed by atoms with E-state index in [9.17, 15) is 4.79 Å². The van der Waals surface area contributed by atoms with E-state index in [4.69, 9.17) is 28.9 Å². The first-order valence-corrected chi connectivity index (χ1v) is 6.79. The van der Waals surface area contributed by atoms with Crippen LogP contribution >= 0.6 is 23.2 Å². The highest BCUT2D eigenvalue weighted by molar-refractivity contribution is 6.33. The van der Waals surface area contributed by atoms with Crippen molar-refractivity contribution < 1.29 is 4.79 Å². The van der Waals surface area contributed by atoms with Crippen LogP contribution in [0.15, 0.2) is 24.3 Å². The van der Waals surface area contributed by atoms with Gasteiger partial charge in [-0.2, -0.15) is 4.98 Å². The van der Waals surface area contributed by atoms with Crippen molar-refractivity contribution >= 4 is 46.6 Å². The Morgan fingerprint density at radius 2 is 2.05 bits per heavy atom. The topological polar surface area (TPSA) is 92.9 Å². The Hall–Kier alpha value is -2.05. The molecule has 2 rings (SSSR count). The summed E-state index contributed by atoms with van der Waals surface area (Å²) in [6.45, 7) is 1.92. The van der Waals surface area contributed by atoms with Gasteiger partial charge in [0, 0.05) is 6.07 Å². The molecule has 0 aliphatic heterocycles. The zero-order chi connectivity index (χ0) is 15.4. The molecule has 0 atom stereocenters. The number of nitrogens with one attached hydrogen (secondary N) is 2. The van der Waals surface area contributed by atoms with Gasteiger partial charge < -0.3 is 16.4 Å². The van der Waals surface area contributed by atoms with Crippen LogP contribution in [0, 0.1) is 6.92 Å². The predicted octanol–water partition coefficient (Wildman–Crippen LogP) is 2.72. The fourth-order valence-corrected chi connectivity index (χ4v) is 2.08. The monoisotopic (exact) mass is 325 g/mol. The van der Waals surface area contributed by atoms with E-state index in [1.807, 2.05) is 13.0 Å². The van der Waals surface area contributed by atoms with Gasteiger partial charge >= 0.3 is 0 Å². The Labute approximate surface area is 131 Å². The second-order valence-corrected chi connectivity index (χ2v) is 5.11. The summed E-state index contributed by atoms with van der Waals surface area (Å²) in [5.74, 6) is 0.138. The summed E-state index contributed by atoms with van der Waals surface area (Å²) >= 11 is 11.8. The van der Waals surface area contributed by atoms with Crippen LogP contribution in [0.25, 0.3) is 0 Å². The second kappa shape index (κ2) is 6.60. The van der Waals surface area contributed by atoms with Crippen LogP contribution in [-0.2, 0) is 4.79 Å². The average molecular weight is 326 g/mol. The third kappa shape index (κ3) is 4.47. The number of nitrogens with two attached hydrogens (primary N) is 1. The highest BCUT2D eigenvalue weighted by atomic mass is 35.5. The summed E-state index contributed by atoms with van der Waals surface area (Å²) in [4.78, 5) is 19.5. The SMILES string of the molecule is Cc1ccc(NC(=O)CNc2cc(Cl)nc(N)n2)c(Cl)c1. The van der Waals surface area contributed by atoms with Crippen molar-refractivity contribution in [2.45, 2.75) is 6.92 Å². The number of hydrogen-bond donors (Lipinski definition) is 3. The molecule has 0 bridgehead atoms. The molecule has 21 heavy (non-hydrogen) atoms. The van der Waals surface area contributed by atoms with Crippen LogP contribution in [-0.4, -0.2) is 22.4 Å². The molecule has 1 aromatic heterocycles. The minimum Gasteiger partial charge on any atom is -0.368 e. The Balaban J connectivity index is 1.95. The number of carbonyl (C=O) groups excluding carboxylic acids is 1. The zero-order valence-corrected chi connectivity index (χ0v) is 12.7. The summed E-state index contributed by atoms with van der Waals surface area (Å²) in [5.41, 5.74) is 7.02. The van der Waals surface area contributed by atoms with Gasteiger partial charge in [0.05, 0.1) is 17.3 Å². The number of aryl methyl sites for hydroxylation is 1. The molecule has 0 radical (unpaired) electrons. The maximum Gasteiger partial charge on any atom is 0.243 e. The first-order chi connectivity index (χ1) is 9.94. The molecule has 8 heteroatoms. The van der Waals surface area contributed by atoms with Crippen molar-refractivity contribution in [2.75, 3.05) is 22.9 Å². The van der Waals surface area contributed by atoms with Crippen LogP contribution in [0.5, 0.6) is 0 Å². The van der Waals surface area contributed by atoms with Gasteiger partial charge in [-0.1, -0.05) is 29.3 Å². The number of halogens is 2. The summed E-state index contributed by atoms with van der Waals surface area (Å²) < 4.78 is 0. The molecule has 1 aromatic carbocycles. The summed E-state index contributed by atoms with van der Waals surface area (Å²) in [6, 6.07) is 6.86. The van der Waals surface area contributed by atoms with Gasteiger partial charge in [-0.15, -0.1) is 0 Å². The average Bonchev–Trinajstić information content (AvgIpc) is 2.39. The second-order valence-electron chi connectivity index (χ2n) is 4.32. The minimum atomic E-state index is -0.269. The van der Waals surface area contributed by atoms with E-state index in [2.05, 4.69) is 20.6 Å². The number of aromatic nitrogens is 2. The number of rotatable bonds is 4. The third-order valence-corrected chi connectivity index (χ3v) is 3.05. The summed E-state index contributed by atoms with van der Waals surface area (Å²) in [7, 11) is 0. The van der Waals surface area contributed by atoms with E-state index in [1.165, 1.54) is 6.07 Å². The van der Waals surface area contributed by atoms with E-state index < -0.39 is 0 Å². The fraction of sp³-hybridized carbons (Fsp3) is 0.154. The maximum absolute atomic E-state index is 11.9. The maximum atomic E-state index is 11.9. The van der Waals surface area contributed by atoms with Gasteiger partial charge in [0.15, 0.2) is 0 Å². The molecule has 6 nitrogen and oxygen atoms in total. The molecule has 2 aromatic rings. The van der Waals surface area contributed by atoms with E-state index in [-0.39, 0.29) is 23.6 Å². The normalized spacial score (nSPS) is 10.2. The Morgan fingerprint density at radius 1 is 1.29 bits per heavy atom. The number of hydrogen-bond acceptors (Lipinski definition) is 5. The van der Waals surface area contributed by atoms with Crippen molar-refractivity contribution in [1.82, 2.24) is 9.97 Å². The molecule has 0 fully saturated rings. The Morgan fingerprint density at radius 3 is 2.71 bits per heavy atom. The molecule has 0 aliphatic rings. The van der Waals surface area contributed by atoms with Crippen LogP contribution in [0.3, 0.4) is 0 Å². The standard InChI is InChI=1S/C13H13Cl2N5O/c1-7-2-3-9(8(14)4-7)18-12(21)6-17-11-5-10(15)19-13(16)20-11/h2-5H,6H2,1H3,(H,18,21)(H3,16,17,19,20). The van der Waals surface area contributed by atoms with E-state index in [0.29, 0.717) is 16.5 Å². The summed E-state index contributed by atoms with van der Waals surface area (Å²) in [5, 5.41) is 6.19. The van der Waals surface area contributed by atoms with Crippen LogP contribution in [0.2, 0.25) is 10.2 Å². The molecule has 1 heterocycles. The third-order valence-electron chi connectivity index (χ3n) is 2.54. The molecular formula is C13H13Cl2N5O. The smallest absolute Gasteiger partial charge is 0.243 e. The Bertz CT molecular complexity index is 657. The molecule has 0 unspecified atom stereocenters. The van der Waals surface area contributed by atoms with Crippen molar-refractivity contribution in [2.24, 2.45) is 0 Å². The molecular weight excluding hydrogens is 313 g/mol. The van der Waals surface area contributed by atoms with Crippen molar-refractivity contribution in [1.29, 1.82) is 0 Å².